The predicted molar refractivity (Wildman–Crippen MR) is 71.6 cm³/mol. The van der Waals surface area contributed by atoms with Crippen molar-refractivity contribution in [1.82, 2.24) is 4.90 Å². The molecule has 1 rings (SSSR count). The zero-order valence-corrected chi connectivity index (χ0v) is 11.5. The van der Waals surface area contributed by atoms with Gasteiger partial charge >= 0.3 is 0 Å². The topological polar surface area (TPSA) is 29.3 Å². The second kappa shape index (κ2) is 6.61. The smallest absolute Gasteiger partial charge is 0.0334 e. The van der Waals surface area contributed by atoms with Gasteiger partial charge in [0, 0.05) is 12.1 Å². The van der Waals surface area contributed by atoms with Gasteiger partial charge in [-0.05, 0) is 51.1 Å². The lowest BCUT2D eigenvalue weighted by molar-refractivity contribution is 0.0944. The molecule has 96 valence electrons. The quantitative estimate of drug-likeness (QED) is 0.723. The molecule has 1 fully saturated rings. The Labute approximate surface area is 102 Å². The lowest BCUT2D eigenvalue weighted by Gasteiger charge is -2.41. The van der Waals surface area contributed by atoms with Crippen molar-refractivity contribution in [3.05, 3.63) is 0 Å². The number of rotatable bonds is 7. The van der Waals surface area contributed by atoms with E-state index in [1.54, 1.807) is 0 Å². The Morgan fingerprint density at radius 3 is 2.19 bits per heavy atom. The van der Waals surface area contributed by atoms with Crippen molar-refractivity contribution in [2.24, 2.45) is 11.7 Å². The average molecular weight is 226 g/mol. The van der Waals surface area contributed by atoms with Crippen LogP contribution in [0.2, 0.25) is 0 Å². The molecule has 16 heavy (non-hydrogen) atoms. The monoisotopic (exact) mass is 226 g/mol. The molecule has 2 nitrogen and oxygen atoms in total. The van der Waals surface area contributed by atoms with Gasteiger partial charge in [-0.3, -0.25) is 4.90 Å². The van der Waals surface area contributed by atoms with E-state index in [1.165, 1.54) is 51.6 Å². The Morgan fingerprint density at radius 2 is 1.81 bits per heavy atom. The summed E-state index contributed by atoms with van der Waals surface area (Å²) in [6, 6.07) is 0. The van der Waals surface area contributed by atoms with Crippen molar-refractivity contribution >= 4 is 0 Å². The SMILES string of the molecule is CCCN(CCC)C1(CN)CCC(CC)C1. The first-order valence-electron chi connectivity index (χ1n) is 7.17. The van der Waals surface area contributed by atoms with Crippen LogP contribution in [0, 0.1) is 5.92 Å². The van der Waals surface area contributed by atoms with E-state index in [0.29, 0.717) is 5.54 Å². The summed E-state index contributed by atoms with van der Waals surface area (Å²) in [5, 5.41) is 0. The van der Waals surface area contributed by atoms with E-state index in [0.717, 1.165) is 12.5 Å². The summed E-state index contributed by atoms with van der Waals surface area (Å²) in [4.78, 5) is 2.68. The summed E-state index contributed by atoms with van der Waals surface area (Å²) >= 11 is 0. The normalized spacial score (nSPS) is 30.2. The Balaban J connectivity index is 2.68. The van der Waals surface area contributed by atoms with Crippen LogP contribution in [0.4, 0.5) is 0 Å². The van der Waals surface area contributed by atoms with Crippen LogP contribution in [-0.4, -0.2) is 30.1 Å². The Kier molecular flexibility index (Phi) is 5.77. The van der Waals surface area contributed by atoms with E-state index >= 15 is 0 Å². The summed E-state index contributed by atoms with van der Waals surface area (Å²) in [6.07, 6.45) is 7.87. The molecule has 2 heteroatoms. The fourth-order valence-corrected chi connectivity index (χ4v) is 3.29. The van der Waals surface area contributed by atoms with Gasteiger partial charge in [0.25, 0.3) is 0 Å². The maximum Gasteiger partial charge on any atom is 0.0334 e. The molecular formula is C14H30N2. The molecule has 1 aliphatic rings. The summed E-state index contributed by atoms with van der Waals surface area (Å²) < 4.78 is 0. The average Bonchev–Trinajstić information content (AvgIpc) is 2.73. The molecule has 1 aliphatic carbocycles. The third-order valence-electron chi connectivity index (χ3n) is 4.30. The number of nitrogens with zero attached hydrogens (tertiary/aromatic N) is 1. The zero-order valence-electron chi connectivity index (χ0n) is 11.5. The second-order valence-electron chi connectivity index (χ2n) is 5.43. The van der Waals surface area contributed by atoms with Crippen molar-refractivity contribution in [3.8, 4) is 0 Å². The highest BCUT2D eigenvalue weighted by Crippen LogP contribution is 2.40. The maximum atomic E-state index is 6.11. The summed E-state index contributed by atoms with van der Waals surface area (Å²) in [5.74, 6) is 0.916. The van der Waals surface area contributed by atoms with Crippen molar-refractivity contribution in [3.63, 3.8) is 0 Å². The highest BCUT2D eigenvalue weighted by molar-refractivity contribution is 4.98. The molecule has 0 aromatic rings. The minimum Gasteiger partial charge on any atom is -0.329 e. The molecule has 2 N–H and O–H groups in total. The first-order chi connectivity index (χ1) is 7.72. The molecule has 0 heterocycles. The van der Waals surface area contributed by atoms with Gasteiger partial charge in [0.2, 0.25) is 0 Å². The minimum atomic E-state index is 0.340. The van der Waals surface area contributed by atoms with Crippen molar-refractivity contribution in [2.75, 3.05) is 19.6 Å². The van der Waals surface area contributed by atoms with Crippen LogP contribution < -0.4 is 5.73 Å². The minimum absolute atomic E-state index is 0.340. The molecule has 0 aromatic heterocycles. The third kappa shape index (κ3) is 2.98. The van der Waals surface area contributed by atoms with Crippen LogP contribution in [0.3, 0.4) is 0 Å². The van der Waals surface area contributed by atoms with Crippen LogP contribution in [0.25, 0.3) is 0 Å². The van der Waals surface area contributed by atoms with E-state index in [-0.39, 0.29) is 0 Å². The van der Waals surface area contributed by atoms with Crippen molar-refractivity contribution in [1.29, 1.82) is 0 Å². The zero-order chi connectivity index (χ0) is 12.0. The van der Waals surface area contributed by atoms with Gasteiger partial charge in [0.1, 0.15) is 0 Å². The molecule has 0 spiro atoms. The molecule has 0 aromatic carbocycles. The lowest BCUT2D eigenvalue weighted by atomic mass is 9.92. The van der Waals surface area contributed by atoms with Crippen LogP contribution >= 0.6 is 0 Å². The Hall–Kier alpha value is -0.0800. The van der Waals surface area contributed by atoms with Gasteiger partial charge in [0.05, 0.1) is 0 Å². The molecule has 0 aliphatic heterocycles. The van der Waals surface area contributed by atoms with Gasteiger partial charge in [0.15, 0.2) is 0 Å². The van der Waals surface area contributed by atoms with E-state index in [4.69, 9.17) is 5.73 Å². The highest BCUT2D eigenvalue weighted by Gasteiger charge is 2.41. The summed E-state index contributed by atoms with van der Waals surface area (Å²) in [5.41, 5.74) is 6.45. The van der Waals surface area contributed by atoms with Gasteiger partial charge in [-0.15, -0.1) is 0 Å². The van der Waals surface area contributed by atoms with Crippen LogP contribution in [0.15, 0.2) is 0 Å². The number of hydrogen-bond acceptors (Lipinski definition) is 2. The van der Waals surface area contributed by atoms with Crippen LogP contribution in [0.1, 0.15) is 59.3 Å². The fourth-order valence-electron chi connectivity index (χ4n) is 3.29. The fraction of sp³-hybridized carbons (Fsp3) is 1.00. The van der Waals surface area contributed by atoms with Gasteiger partial charge < -0.3 is 5.73 Å². The molecule has 2 unspecified atom stereocenters. The predicted octanol–water partition coefficient (Wildman–Crippen LogP) is 3.02. The largest absolute Gasteiger partial charge is 0.329 e. The molecule has 0 saturated heterocycles. The maximum absolute atomic E-state index is 6.11. The highest BCUT2D eigenvalue weighted by atomic mass is 15.2. The van der Waals surface area contributed by atoms with E-state index in [2.05, 4.69) is 25.7 Å². The van der Waals surface area contributed by atoms with Crippen LogP contribution in [-0.2, 0) is 0 Å². The first-order valence-corrected chi connectivity index (χ1v) is 7.17. The second-order valence-corrected chi connectivity index (χ2v) is 5.43. The molecular weight excluding hydrogens is 196 g/mol. The summed E-state index contributed by atoms with van der Waals surface area (Å²) in [7, 11) is 0. The molecule has 0 bridgehead atoms. The number of hydrogen-bond donors (Lipinski definition) is 1. The van der Waals surface area contributed by atoms with E-state index in [1.807, 2.05) is 0 Å². The lowest BCUT2D eigenvalue weighted by Crippen LogP contribution is -2.52. The van der Waals surface area contributed by atoms with Gasteiger partial charge in [-0.2, -0.15) is 0 Å². The Morgan fingerprint density at radius 1 is 1.19 bits per heavy atom. The molecule has 1 saturated carbocycles. The first kappa shape index (κ1) is 14.0. The molecule has 0 amide bonds. The Bertz CT molecular complexity index is 187. The number of nitrogens with two attached hydrogens (primary N) is 1. The standard InChI is InChI=1S/C14H30N2/c1-4-9-16(10-5-2)14(12-15)8-7-13(6-3)11-14/h13H,4-12,15H2,1-3H3. The van der Waals surface area contributed by atoms with E-state index < -0.39 is 0 Å². The van der Waals surface area contributed by atoms with Gasteiger partial charge in [-0.1, -0.05) is 27.2 Å². The van der Waals surface area contributed by atoms with Crippen molar-refractivity contribution in [2.45, 2.75) is 64.8 Å². The molecule has 0 radical (unpaired) electrons. The molecule has 2 atom stereocenters. The van der Waals surface area contributed by atoms with Crippen molar-refractivity contribution < 1.29 is 0 Å². The summed E-state index contributed by atoms with van der Waals surface area (Å²) in [6.45, 7) is 10.2. The van der Waals surface area contributed by atoms with Gasteiger partial charge in [-0.25, -0.2) is 0 Å². The van der Waals surface area contributed by atoms with E-state index in [9.17, 15) is 0 Å². The van der Waals surface area contributed by atoms with Crippen LogP contribution in [0.5, 0.6) is 0 Å². The third-order valence-corrected chi connectivity index (χ3v) is 4.30.